The van der Waals surface area contributed by atoms with Crippen LogP contribution in [-0.4, -0.2) is 34.0 Å². The predicted molar refractivity (Wildman–Crippen MR) is 89.3 cm³/mol. The number of amidine groups is 1. The van der Waals surface area contributed by atoms with Gasteiger partial charge in [0.15, 0.2) is 0 Å². The maximum Gasteiger partial charge on any atom is 0.433 e. The molecule has 2 rings (SSSR count). The number of carbonyl (C=O) groups is 1. The summed E-state index contributed by atoms with van der Waals surface area (Å²) < 4.78 is 37.5. The summed E-state index contributed by atoms with van der Waals surface area (Å²) in [7, 11) is 0. The molecule has 142 valence electrons. The van der Waals surface area contributed by atoms with Crippen LogP contribution in [0.5, 0.6) is 0 Å². The summed E-state index contributed by atoms with van der Waals surface area (Å²) in [6, 6.07) is 1.93. The Hall–Kier alpha value is -2.62. The number of alkyl halides is 3. The number of nitrogens with two attached hydrogens (primary N) is 1. The van der Waals surface area contributed by atoms with Crippen LogP contribution in [0, 0.1) is 5.41 Å². The second-order valence-electron chi connectivity index (χ2n) is 6.02. The first-order valence-electron chi connectivity index (χ1n) is 8.00. The lowest BCUT2D eigenvalue weighted by Gasteiger charge is -2.25. The average Bonchev–Trinajstić information content (AvgIpc) is 2.56. The largest absolute Gasteiger partial charge is 0.433 e. The summed E-state index contributed by atoms with van der Waals surface area (Å²) >= 11 is 0. The van der Waals surface area contributed by atoms with Gasteiger partial charge in [-0.25, -0.2) is 4.98 Å². The van der Waals surface area contributed by atoms with Gasteiger partial charge in [0.1, 0.15) is 11.5 Å². The van der Waals surface area contributed by atoms with Gasteiger partial charge in [0.25, 0.3) is 5.91 Å². The quantitative estimate of drug-likeness (QED) is 0.306. The van der Waals surface area contributed by atoms with Crippen molar-refractivity contribution in [3.63, 3.8) is 0 Å². The van der Waals surface area contributed by atoms with Crippen LogP contribution in [0.3, 0.4) is 0 Å². The summed E-state index contributed by atoms with van der Waals surface area (Å²) in [6.07, 6.45) is 0.0837. The molecule has 0 spiro atoms. The zero-order valence-corrected chi connectivity index (χ0v) is 13.8. The van der Waals surface area contributed by atoms with E-state index in [0.717, 1.165) is 18.3 Å². The highest BCUT2D eigenvalue weighted by Gasteiger charge is 2.32. The van der Waals surface area contributed by atoms with Crippen LogP contribution < -0.4 is 16.4 Å². The van der Waals surface area contributed by atoms with Crippen molar-refractivity contribution in [2.75, 3.05) is 5.32 Å². The van der Waals surface area contributed by atoms with E-state index in [1.807, 2.05) is 0 Å². The monoisotopic (exact) mass is 371 g/mol. The Balaban J connectivity index is 2.01. The lowest BCUT2D eigenvalue weighted by molar-refractivity contribution is -0.141. The number of nitrogens with zero attached hydrogens (tertiary/aromatic N) is 1. The minimum absolute atomic E-state index is 0.0493. The SMILES string of the molecule is N=C(Nc1ccc(C(F)(F)F)nc1)/C(=C\NC1CCC(O)CC1)C(N)=O. The van der Waals surface area contributed by atoms with E-state index in [-0.39, 0.29) is 29.2 Å². The molecule has 0 radical (unpaired) electrons. The Morgan fingerprint density at radius 2 is 1.96 bits per heavy atom. The fraction of sp³-hybridized carbons (Fsp3) is 0.438. The molecule has 0 bridgehead atoms. The number of primary amides is 1. The van der Waals surface area contributed by atoms with E-state index in [1.54, 1.807) is 0 Å². The molecule has 1 aromatic rings. The van der Waals surface area contributed by atoms with Crippen LogP contribution in [0.15, 0.2) is 30.1 Å². The van der Waals surface area contributed by atoms with Crippen LogP contribution >= 0.6 is 0 Å². The van der Waals surface area contributed by atoms with Crippen LogP contribution in [0.1, 0.15) is 31.4 Å². The highest BCUT2D eigenvalue weighted by Crippen LogP contribution is 2.27. The molecule has 1 aliphatic rings. The van der Waals surface area contributed by atoms with E-state index in [2.05, 4.69) is 15.6 Å². The van der Waals surface area contributed by atoms with E-state index >= 15 is 0 Å². The molecule has 0 aliphatic heterocycles. The number of rotatable bonds is 5. The molecule has 6 N–H and O–H groups in total. The molecule has 1 aromatic heterocycles. The lowest BCUT2D eigenvalue weighted by Crippen LogP contribution is -2.34. The predicted octanol–water partition coefficient (Wildman–Crippen LogP) is 1.75. The van der Waals surface area contributed by atoms with E-state index in [1.165, 1.54) is 6.20 Å². The molecule has 7 nitrogen and oxygen atoms in total. The third-order valence-electron chi connectivity index (χ3n) is 4.02. The van der Waals surface area contributed by atoms with Crippen molar-refractivity contribution in [2.24, 2.45) is 5.73 Å². The zero-order valence-electron chi connectivity index (χ0n) is 13.8. The summed E-state index contributed by atoms with van der Waals surface area (Å²) in [5.74, 6) is -1.21. The second-order valence-corrected chi connectivity index (χ2v) is 6.02. The Kier molecular flexibility index (Phi) is 6.19. The van der Waals surface area contributed by atoms with Crippen molar-refractivity contribution in [3.05, 3.63) is 35.8 Å². The first-order valence-corrected chi connectivity index (χ1v) is 8.00. The number of carbonyl (C=O) groups excluding carboxylic acids is 1. The van der Waals surface area contributed by atoms with Gasteiger partial charge >= 0.3 is 6.18 Å². The number of hydrogen-bond donors (Lipinski definition) is 5. The smallest absolute Gasteiger partial charge is 0.393 e. The third-order valence-corrected chi connectivity index (χ3v) is 4.02. The van der Waals surface area contributed by atoms with Crippen molar-refractivity contribution in [3.8, 4) is 0 Å². The number of aliphatic hydroxyl groups excluding tert-OH is 1. The first-order chi connectivity index (χ1) is 12.2. The van der Waals surface area contributed by atoms with Crippen LogP contribution in [-0.2, 0) is 11.0 Å². The Morgan fingerprint density at radius 1 is 1.31 bits per heavy atom. The van der Waals surface area contributed by atoms with Crippen molar-refractivity contribution in [1.29, 1.82) is 5.41 Å². The van der Waals surface area contributed by atoms with E-state index in [0.29, 0.717) is 25.7 Å². The molecule has 0 aromatic carbocycles. The van der Waals surface area contributed by atoms with Crippen molar-refractivity contribution in [1.82, 2.24) is 10.3 Å². The number of aliphatic hydroxyl groups is 1. The van der Waals surface area contributed by atoms with Gasteiger partial charge < -0.3 is 21.5 Å². The summed E-state index contributed by atoms with van der Waals surface area (Å²) in [6.45, 7) is 0. The molecule has 1 heterocycles. The fourth-order valence-corrected chi connectivity index (χ4v) is 2.56. The molecule has 1 aliphatic carbocycles. The van der Waals surface area contributed by atoms with Crippen molar-refractivity contribution >= 4 is 17.4 Å². The van der Waals surface area contributed by atoms with E-state index in [9.17, 15) is 23.1 Å². The van der Waals surface area contributed by atoms with Crippen molar-refractivity contribution < 1.29 is 23.1 Å². The van der Waals surface area contributed by atoms with E-state index in [4.69, 9.17) is 11.1 Å². The Bertz CT molecular complexity index is 680. The molecular weight excluding hydrogens is 351 g/mol. The molecule has 1 fully saturated rings. The Labute approximate surface area is 148 Å². The van der Waals surface area contributed by atoms with Crippen LogP contribution in [0.4, 0.5) is 18.9 Å². The van der Waals surface area contributed by atoms with Crippen molar-refractivity contribution in [2.45, 2.75) is 44.0 Å². The van der Waals surface area contributed by atoms with Gasteiger partial charge in [-0.2, -0.15) is 13.2 Å². The fourth-order valence-electron chi connectivity index (χ4n) is 2.56. The normalized spacial score (nSPS) is 21.2. The average molecular weight is 371 g/mol. The van der Waals surface area contributed by atoms with Gasteiger partial charge in [-0.1, -0.05) is 0 Å². The number of halogens is 3. The third kappa shape index (κ3) is 5.45. The number of anilines is 1. The van der Waals surface area contributed by atoms with Gasteiger partial charge in [-0.3, -0.25) is 10.2 Å². The number of pyridine rings is 1. The summed E-state index contributed by atoms with van der Waals surface area (Å²) in [4.78, 5) is 14.8. The molecule has 1 amide bonds. The lowest BCUT2D eigenvalue weighted by atomic mass is 9.93. The molecule has 1 saturated carbocycles. The van der Waals surface area contributed by atoms with Gasteiger partial charge in [-0.05, 0) is 37.8 Å². The minimum Gasteiger partial charge on any atom is -0.393 e. The molecule has 0 saturated heterocycles. The number of amides is 1. The maximum absolute atomic E-state index is 12.5. The van der Waals surface area contributed by atoms with E-state index < -0.39 is 17.8 Å². The molecule has 0 atom stereocenters. The zero-order chi connectivity index (χ0) is 19.3. The number of nitrogens with one attached hydrogen (secondary N) is 3. The standard InChI is InChI=1S/C16H20F3N5O2/c17-16(18,19)13-6-3-10(7-23-13)24-14(20)12(15(21)26)8-22-9-1-4-11(25)5-2-9/h3,6-9,11,22,25H,1-2,4-5H2,(H2,20,24)(H2,21,26)/b12-8+. The summed E-state index contributed by atoms with van der Waals surface area (Å²) in [5, 5.41) is 22.9. The van der Waals surface area contributed by atoms with Gasteiger partial charge in [0.05, 0.1) is 23.6 Å². The summed E-state index contributed by atoms with van der Waals surface area (Å²) in [5.41, 5.74) is 4.20. The molecule has 26 heavy (non-hydrogen) atoms. The Morgan fingerprint density at radius 3 is 2.46 bits per heavy atom. The highest BCUT2D eigenvalue weighted by atomic mass is 19.4. The van der Waals surface area contributed by atoms with Crippen LogP contribution in [0.2, 0.25) is 0 Å². The molecule has 0 unspecified atom stereocenters. The topological polar surface area (TPSA) is 124 Å². The number of aromatic nitrogens is 1. The minimum atomic E-state index is -4.55. The van der Waals surface area contributed by atoms with Crippen LogP contribution in [0.25, 0.3) is 0 Å². The van der Waals surface area contributed by atoms with Gasteiger partial charge in [-0.15, -0.1) is 0 Å². The number of hydrogen-bond acceptors (Lipinski definition) is 5. The van der Waals surface area contributed by atoms with Gasteiger partial charge in [0, 0.05) is 12.2 Å². The highest BCUT2D eigenvalue weighted by molar-refractivity contribution is 6.23. The second kappa shape index (κ2) is 8.17. The maximum atomic E-state index is 12.5. The first kappa shape index (κ1) is 19.7. The molecular formula is C16H20F3N5O2. The molecule has 10 heteroatoms. The van der Waals surface area contributed by atoms with Gasteiger partial charge in [0.2, 0.25) is 0 Å².